The third kappa shape index (κ3) is 3.45. The molecule has 3 saturated heterocycles. The van der Waals surface area contributed by atoms with Gasteiger partial charge in [0.1, 0.15) is 12.2 Å². The van der Waals surface area contributed by atoms with Gasteiger partial charge < -0.3 is 15.5 Å². The van der Waals surface area contributed by atoms with Crippen LogP contribution in [-0.2, 0) is 19.5 Å². The molecule has 10 nitrogen and oxygen atoms in total. The number of piperidine rings is 2. The van der Waals surface area contributed by atoms with Gasteiger partial charge in [-0.15, -0.1) is 4.28 Å². The monoisotopic (exact) mass is 366 g/mol. The molecule has 3 rings (SSSR count). The van der Waals surface area contributed by atoms with Crippen LogP contribution >= 0.6 is 0 Å². The second-order valence-electron chi connectivity index (χ2n) is 6.13. The van der Waals surface area contributed by atoms with E-state index in [2.05, 4.69) is 14.9 Å². The van der Waals surface area contributed by atoms with Crippen molar-refractivity contribution in [1.29, 1.82) is 0 Å². The van der Waals surface area contributed by atoms with Crippen LogP contribution in [0.4, 0.5) is 9.18 Å². The highest BCUT2D eigenvalue weighted by atomic mass is 32.3. The molecule has 12 heteroatoms. The van der Waals surface area contributed by atoms with Crippen molar-refractivity contribution in [2.75, 3.05) is 19.6 Å². The van der Waals surface area contributed by atoms with Crippen molar-refractivity contribution in [3.8, 4) is 0 Å². The molecule has 3 N–H and O–H groups in total. The van der Waals surface area contributed by atoms with E-state index in [4.69, 9.17) is 4.55 Å². The first-order valence-corrected chi connectivity index (χ1v) is 9.05. The summed E-state index contributed by atoms with van der Waals surface area (Å²) in [7, 11) is -4.83. The van der Waals surface area contributed by atoms with Gasteiger partial charge in [-0.3, -0.25) is 9.35 Å². The summed E-state index contributed by atoms with van der Waals surface area (Å²) in [5, 5.41) is 6.09. The molecule has 0 aliphatic carbocycles. The maximum atomic E-state index is 13.8. The van der Waals surface area contributed by atoms with Crippen molar-refractivity contribution >= 4 is 22.3 Å². The van der Waals surface area contributed by atoms with E-state index in [9.17, 15) is 22.4 Å². The second kappa shape index (κ2) is 6.43. The highest BCUT2D eigenvalue weighted by molar-refractivity contribution is 7.80. The molecular formula is C12H19FN4O6S. The molecule has 0 radical (unpaired) electrons. The number of rotatable bonds is 4. The van der Waals surface area contributed by atoms with Crippen molar-refractivity contribution in [3.05, 3.63) is 0 Å². The van der Waals surface area contributed by atoms with Gasteiger partial charge in [0.05, 0.1) is 12.1 Å². The van der Waals surface area contributed by atoms with Gasteiger partial charge in [0.25, 0.3) is 0 Å². The van der Waals surface area contributed by atoms with Crippen LogP contribution in [0.25, 0.3) is 0 Å². The molecule has 0 aromatic rings. The lowest BCUT2D eigenvalue weighted by molar-refractivity contribution is -0.127. The molecule has 2 bridgehead atoms. The molecule has 0 unspecified atom stereocenters. The van der Waals surface area contributed by atoms with E-state index in [0.29, 0.717) is 30.9 Å². The van der Waals surface area contributed by atoms with Crippen LogP contribution in [0.3, 0.4) is 0 Å². The topological polar surface area (TPSA) is 128 Å². The van der Waals surface area contributed by atoms with E-state index >= 15 is 0 Å². The fraction of sp³-hybridized carbons (Fsp3) is 0.833. The van der Waals surface area contributed by atoms with Crippen LogP contribution in [0.5, 0.6) is 0 Å². The first-order chi connectivity index (χ1) is 11.3. The zero-order valence-corrected chi connectivity index (χ0v) is 13.5. The summed E-state index contributed by atoms with van der Waals surface area (Å²) in [6.07, 6.45) is -0.113. The number of nitrogens with zero attached hydrogens (tertiary/aromatic N) is 2. The lowest BCUT2D eigenvalue weighted by Gasteiger charge is -2.33. The van der Waals surface area contributed by atoms with E-state index < -0.39 is 46.6 Å². The van der Waals surface area contributed by atoms with E-state index in [1.807, 2.05) is 0 Å². The lowest BCUT2D eigenvalue weighted by Crippen LogP contribution is -2.56. The minimum Gasteiger partial charge on any atom is -0.349 e. The normalized spacial score (nSPS) is 33.7. The Kier molecular flexibility index (Phi) is 4.64. The van der Waals surface area contributed by atoms with Gasteiger partial charge in [0, 0.05) is 13.1 Å². The number of carbonyl (C=O) groups excluding carboxylic acids is 2. The van der Waals surface area contributed by atoms with Gasteiger partial charge in [0.2, 0.25) is 5.91 Å². The van der Waals surface area contributed by atoms with Crippen LogP contribution in [0.1, 0.15) is 19.3 Å². The van der Waals surface area contributed by atoms with Crippen molar-refractivity contribution in [1.82, 2.24) is 20.6 Å². The zero-order valence-electron chi connectivity index (χ0n) is 12.7. The summed E-state index contributed by atoms with van der Waals surface area (Å²) in [5.74, 6) is -0.468. The van der Waals surface area contributed by atoms with Gasteiger partial charge in [-0.25, -0.2) is 9.18 Å². The number of amides is 3. The predicted molar refractivity (Wildman–Crippen MR) is 77.7 cm³/mol. The number of nitrogens with one attached hydrogen (secondary N) is 2. The maximum Gasteiger partial charge on any atom is 0.418 e. The largest absolute Gasteiger partial charge is 0.418 e. The molecule has 0 saturated carbocycles. The van der Waals surface area contributed by atoms with Crippen molar-refractivity contribution in [2.45, 2.75) is 43.6 Å². The Morgan fingerprint density at radius 2 is 2.12 bits per heavy atom. The molecule has 3 aliphatic rings. The Hall–Kier alpha value is -1.50. The lowest BCUT2D eigenvalue weighted by atomic mass is 9.98. The number of urea groups is 1. The van der Waals surface area contributed by atoms with Gasteiger partial charge in [-0.1, -0.05) is 0 Å². The van der Waals surface area contributed by atoms with E-state index in [0.717, 1.165) is 0 Å². The van der Waals surface area contributed by atoms with E-state index in [-0.39, 0.29) is 13.1 Å². The minimum absolute atomic E-state index is 0.109. The Morgan fingerprint density at radius 1 is 1.38 bits per heavy atom. The molecule has 3 amide bonds. The number of hydrogen-bond acceptors (Lipinski definition) is 6. The van der Waals surface area contributed by atoms with Crippen LogP contribution in [0.15, 0.2) is 0 Å². The van der Waals surface area contributed by atoms with E-state index in [1.165, 1.54) is 4.90 Å². The number of halogens is 1. The van der Waals surface area contributed by atoms with Gasteiger partial charge >= 0.3 is 16.4 Å². The first kappa shape index (κ1) is 17.3. The fourth-order valence-electron chi connectivity index (χ4n) is 3.37. The summed E-state index contributed by atoms with van der Waals surface area (Å²) in [4.78, 5) is 25.8. The molecule has 24 heavy (non-hydrogen) atoms. The quantitative estimate of drug-likeness (QED) is 0.534. The van der Waals surface area contributed by atoms with Crippen LogP contribution in [0, 0.1) is 0 Å². The van der Waals surface area contributed by atoms with Crippen molar-refractivity contribution < 1.29 is 31.2 Å². The Balaban J connectivity index is 1.66. The fourth-order valence-corrected chi connectivity index (χ4v) is 3.75. The summed E-state index contributed by atoms with van der Waals surface area (Å²) in [6, 6.07) is -2.79. The molecule has 0 spiro atoms. The second-order valence-corrected chi connectivity index (χ2v) is 7.14. The standard InChI is InChI=1S/C12H19FN4O6S/c13-8-5-14-4-3-9(8)15-11(18)10-2-1-7-6-16(10)12(19)17(7)23-24(20,21)22/h7-10,14H,1-6H2,(H,15,18)(H,20,21,22)/t7-,8-,9+,10-/m0/s1. The molecular weight excluding hydrogens is 347 g/mol. The average molecular weight is 366 g/mol. The van der Waals surface area contributed by atoms with Crippen molar-refractivity contribution in [3.63, 3.8) is 0 Å². The third-order valence-electron chi connectivity index (χ3n) is 4.54. The Morgan fingerprint density at radius 3 is 2.79 bits per heavy atom. The third-order valence-corrected chi connectivity index (χ3v) is 4.88. The maximum absolute atomic E-state index is 13.8. The number of hydrogen-bond donors (Lipinski definition) is 3. The molecule has 0 aromatic carbocycles. The highest BCUT2D eigenvalue weighted by Gasteiger charge is 2.49. The van der Waals surface area contributed by atoms with Crippen LogP contribution in [-0.4, -0.2) is 78.8 Å². The van der Waals surface area contributed by atoms with Gasteiger partial charge in [0.15, 0.2) is 0 Å². The molecule has 3 fully saturated rings. The first-order valence-electron chi connectivity index (χ1n) is 7.68. The molecule has 136 valence electrons. The highest BCUT2D eigenvalue weighted by Crippen LogP contribution is 2.30. The van der Waals surface area contributed by atoms with Gasteiger partial charge in [-0.2, -0.15) is 13.5 Å². The summed E-state index contributed by atoms with van der Waals surface area (Å²) < 4.78 is 48.5. The molecule has 4 atom stereocenters. The number of carbonyl (C=O) groups is 2. The minimum atomic E-state index is -4.83. The van der Waals surface area contributed by atoms with Crippen molar-refractivity contribution in [2.24, 2.45) is 0 Å². The molecule has 3 heterocycles. The summed E-state index contributed by atoms with van der Waals surface area (Å²) in [5.41, 5.74) is 0. The van der Waals surface area contributed by atoms with Gasteiger partial charge in [-0.05, 0) is 25.8 Å². The predicted octanol–water partition coefficient (Wildman–Crippen LogP) is -1.19. The zero-order chi connectivity index (χ0) is 17.5. The SMILES string of the molecule is O=C(N[C@@H]1CCNC[C@@H]1F)[C@@H]1CC[C@H]2CN1C(=O)N2OS(=O)(=O)O. The Bertz CT molecular complexity index is 631. The molecule has 3 aliphatic heterocycles. The van der Waals surface area contributed by atoms with Crippen LogP contribution in [0.2, 0.25) is 0 Å². The van der Waals surface area contributed by atoms with Crippen LogP contribution < -0.4 is 10.6 Å². The number of hydroxylamine groups is 2. The Labute approximate surface area is 138 Å². The summed E-state index contributed by atoms with van der Waals surface area (Å²) in [6.45, 7) is 0.866. The smallest absolute Gasteiger partial charge is 0.349 e. The average Bonchev–Trinajstić information content (AvgIpc) is 2.73. The summed E-state index contributed by atoms with van der Waals surface area (Å²) >= 11 is 0. The number of alkyl halides is 1. The molecule has 0 aromatic heterocycles. The number of fused-ring (bicyclic) bond motifs is 2. The van der Waals surface area contributed by atoms with E-state index in [1.54, 1.807) is 0 Å².